The third-order valence-corrected chi connectivity index (χ3v) is 3.33. The maximum absolute atomic E-state index is 13.7. The first kappa shape index (κ1) is 12.2. The average molecular weight is 300 g/mol. The van der Waals surface area contributed by atoms with Crippen molar-refractivity contribution in [2.24, 2.45) is 0 Å². The van der Waals surface area contributed by atoms with Gasteiger partial charge in [-0.3, -0.25) is 9.59 Å². The van der Waals surface area contributed by atoms with Crippen LogP contribution in [0.4, 0.5) is 4.39 Å². The molecule has 5 heteroatoms. The second-order valence-electron chi connectivity index (χ2n) is 3.97. The summed E-state index contributed by atoms with van der Waals surface area (Å²) in [6, 6.07) is 4.57. The van der Waals surface area contributed by atoms with Gasteiger partial charge >= 0.3 is 0 Å². The smallest absolute Gasteiger partial charge is 0.257 e. The molecular formula is C12H11BrFNO2. The molecule has 3 nitrogen and oxygen atoms in total. The Morgan fingerprint density at radius 2 is 2.18 bits per heavy atom. The molecule has 0 bridgehead atoms. The van der Waals surface area contributed by atoms with Gasteiger partial charge in [0.15, 0.2) is 5.78 Å². The predicted octanol–water partition coefficient (Wildman–Crippen LogP) is 2.39. The van der Waals surface area contributed by atoms with E-state index in [2.05, 4.69) is 15.9 Å². The third kappa shape index (κ3) is 2.54. The monoisotopic (exact) mass is 299 g/mol. The van der Waals surface area contributed by atoms with Crippen LogP contribution in [0.15, 0.2) is 22.7 Å². The number of benzene rings is 1. The van der Waals surface area contributed by atoms with Gasteiger partial charge < -0.3 is 4.90 Å². The largest absolute Gasteiger partial charge is 0.331 e. The Bertz CT molecular complexity index is 476. The second-order valence-corrected chi connectivity index (χ2v) is 4.82. The number of ketones is 1. The number of hydrogen-bond acceptors (Lipinski definition) is 2. The molecule has 0 atom stereocenters. The van der Waals surface area contributed by atoms with Gasteiger partial charge in [-0.25, -0.2) is 4.39 Å². The molecule has 2 rings (SSSR count). The van der Waals surface area contributed by atoms with Gasteiger partial charge in [0, 0.05) is 13.0 Å². The molecule has 1 aliphatic rings. The first-order chi connectivity index (χ1) is 8.09. The molecule has 90 valence electrons. The second kappa shape index (κ2) is 4.96. The molecule has 0 unspecified atom stereocenters. The number of likely N-dealkylation sites (tertiary alicyclic amines) is 1. The first-order valence-corrected chi connectivity index (χ1v) is 6.14. The summed E-state index contributed by atoms with van der Waals surface area (Å²) in [5.41, 5.74) is 0.00840. The van der Waals surface area contributed by atoms with Crippen molar-refractivity contribution in [1.82, 2.24) is 4.90 Å². The zero-order valence-electron chi connectivity index (χ0n) is 9.08. The van der Waals surface area contributed by atoms with E-state index in [1.165, 1.54) is 17.0 Å². The van der Waals surface area contributed by atoms with E-state index < -0.39 is 11.7 Å². The van der Waals surface area contributed by atoms with E-state index in [-0.39, 0.29) is 22.4 Å². The number of Topliss-reactive ketones (excluding diaryl/α,β-unsaturated/α-hetero) is 1. The van der Waals surface area contributed by atoms with Crippen LogP contribution >= 0.6 is 15.9 Å². The Morgan fingerprint density at radius 3 is 2.88 bits per heavy atom. The van der Waals surface area contributed by atoms with Gasteiger partial charge in [0.2, 0.25) is 0 Å². The first-order valence-electron chi connectivity index (χ1n) is 5.34. The maximum Gasteiger partial charge on any atom is 0.257 e. The van der Waals surface area contributed by atoms with Crippen LogP contribution in [0.25, 0.3) is 0 Å². The highest BCUT2D eigenvalue weighted by Crippen LogP contribution is 2.20. The van der Waals surface area contributed by atoms with Crippen molar-refractivity contribution in [2.45, 2.75) is 12.8 Å². The summed E-state index contributed by atoms with van der Waals surface area (Å²) in [5, 5.41) is 0. The van der Waals surface area contributed by atoms with E-state index in [0.29, 0.717) is 19.4 Å². The van der Waals surface area contributed by atoms with Crippen LogP contribution in [0.3, 0.4) is 0 Å². The van der Waals surface area contributed by atoms with Gasteiger partial charge in [0.05, 0.1) is 16.6 Å². The number of amides is 1. The van der Waals surface area contributed by atoms with E-state index >= 15 is 0 Å². The maximum atomic E-state index is 13.7. The molecule has 0 aliphatic carbocycles. The summed E-state index contributed by atoms with van der Waals surface area (Å²) in [6.45, 7) is 0.599. The molecule has 1 fully saturated rings. The topological polar surface area (TPSA) is 37.4 Å². The molecule has 0 N–H and O–H groups in total. The van der Waals surface area contributed by atoms with Gasteiger partial charge in [0.1, 0.15) is 5.82 Å². The van der Waals surface area contributed by atoms with Crippen LogP contribution in [0.1, 0.15) is 23.2 Å². The molecule has 1 aliphatic heterocycles. The molecule has 0 aromatic heterocycles. The summed E-state index contributed by atoms with van der Waals surface area (Å²) in [5.74, 6) is -0.965. The summed E-state index contributed by atoms with van der Waals surface area (Å²) >= 11 is 3.04. The lowest BCUT2D eigenvalue weighted by Crippen LogP contribution is -2.40. The number of carbonyl (C=O) groups excluding carboxylic acids is 2. The van der Waals surface area contributed by atoms with E-state index in [1.807, 2.05) is 0 Å². The van der Waals surface area contributed by atoms with Crippen molar-refractivity contribution >= 4 is 27.6 Å². The van der Waals surface area contributed by atoms with Crippen LogP contribution in [0, 0.1) is 5.82 Å². The predicted molar refractivity (Wildman–Crippen MR) is 64.2 cm³/mol. The Balaban J connectivity index is 2.24. The number of piperidine rings is 1. The molecule has 17 heavy (non-hydrogen) atoms. The van der Waals surface area contributed by atoms with Gasteiger partial charge in [-0.2, -0.15) is 0 Å². The number of halogens is 2. The van der Waals surface area contributed by atoms with Gasteiger partial charge in [-0.05, 0) is 34.5 Å². The van der Waals surface area contributed by atoms with Crippen molar-refractivity contribution in [1.29, 1.82) is 0 Å². The fourth-order valence-electron chi connectivity index (χ4n) is 1.85. The molecule has 0 radical (unpaired) electrons. The minimum atomic E-state index is -0.574. The van der Waals surface area contributed by atoms with Crippen LogP contribution in [0.5, 0.6) is 0 Å². The Kier molecular flexibility index (Phi) is 3.57. The van der Waals surface area contributed by atoms with Crippen molar-refractivity contribution < 1.29 is 14.0 Å². The lowest BCUT2D eigenvalue weighted by Gasteiger charge is -2.26. The highest BCUT2D eigenvalue weighted by atomic mass is 79.9. The quantitative estimate of drug-likeness (QED) is 0.798. The van der Waals surface area contributed by atoms with Gasteiger partial charge in [0.25, 0.3) is 5.91 Å². The summed E-state index contributed by atoms with van der Waals surface area (Å²) < 4.78 is 14.0. The number of hydrogen-bond donors (Lipinski definition) is 0. The molecule has 1 aromatic rings. The van der Waals surface area contributed by atoms with E-state index in [1.54, 1.807) is 6.07 Å². The fraction of sp³-hybridized carbons (Fsp3) is 0.333. The number of rotatable bonds is 1. The summed E-state index contributed by atoms with van der Waals surface area (Å²) in [4.78, 5) is 24.7. The van der Waals surface area contributed by atoms with Crippen molar-refractivity contribution in [2.75, 3.05) is 13.1 Å². The molecule has 0 spiro atoms. The van der Waals surface area contributed by atoms with E-state index in [4.69, 9.17) is 0 Å². The van der Waals surface area contributed by atoms with Crippen LogP contribution in [-0.4, -0.2) is 29.7 Å². The zero-order chi connectivity index (χ0) is 12.4. The SMILES string of the molecule is O=C1CCCN(C(=O)c2cccc(Br)c2F)C1. The molecule has 1 heterocycles. The Hall–Kier alpha value is -1.23. The molecule has 1 saturated heterocycles. The van der Waals surface area contributed by atoms with Crippen molar-refractivity contribution in [3.05, 3.63) is 34.1 Å². The van der Waals surface area contributed by atoms with Crippen LogP contribution in [0.2, 0.25) is 0 Å². The number of nitrogens with zero attached hydrogens (tertiary/aromatic N) is 1. The van der Waals surface area contributed by atoms with Gasteiger partial charge in [-0.15, -0.1) is 0 Å². The number of carbonyl (C=O) groups is 2. The minimum Gasteiger partial charge on any atom is -0.331 e. The van der Waals surface area contributed by atoms with E-state index in [0.717, 1.165) is 0 Å². The highest BCUT2D eigenvalue weighted by Gasteiger charge is 2.24. The third-order valence-electron chi connectivity index (χ3n) is 2.72. The van der Waals surface area contributed by atoms with E-state index in [9.17, 15) is 14.0 Å². The Labute approximate surface area is 107 Å². The van der Waals surface area contributed by atoms with Gasteiger partial charge in [-0.1, -0.05) is 6.07 Å². The molecular weight excluding hydrogens is 289 g/mol. The molecule has 0 saturated carbocycles. The summed E-state index contributed by atoms with van der Waals surface area (Å²) in [7, 11) is 0. The van der Waals surface area contributed by atoms with Crippen LogP contribution < -0.4 is 0 Å². The van der Waals surface area contributed by atoms with Crippen molar-refractivity contribution in [3.8, 4) is 0 Å². The van der Waals surface area contributed by atoms with Crippen LogP contribution in [-0.2, 0) is 4.79 Å². The van der Waals surface area contributed by atoms with Crippen molar-refractivity contribution in [3.63, 3.8) is 0 Å². The molecule has 1 aromatic carbocycles. The highest BCUT2D eigenvalue weighted by molar-refractivity contribution is 9.10. The zero-order valence-corrected chi connectivity index (χ0v) is 10.7. The standard InChI is InChI=1S/C12H11BrFNO2/c13-10-5-1-4-9(11(10)14)12(17)15-6-2-3-8(16)7-15/h1,4-5H,2-3,6-7H2. The normalized spacial score (nSPS) is 16.1. The Morgan fingerprint density at radius 1 is 1.41 bits per heavy atom. The molecule has 1 amide bonds. The lowest BCUT2D eigenvalue weighted by atomic mass is 10.1. The summed E-state index contributed by atoms with van der Waals surface area (Å²) in [6.07, 6.45) is 1.16. The fourth-order valence-corrected chi connectivity index (χ4v) is 2.22. The lowest BCUT2D eigenvalue weighted by molar-refractivity contribution is -0.121. The minimum absolute atomic E-state index is 0.00840. The average Bonchev–Trinajstić information content (AvgIpc) is 2.32.